The number of fused-ring (bicyclic) bond motifs is 2. The van der Waals surface area contributed by atoms with E-state index in [0.29, 0.717) is 42.0 Å². The van der Waals surface area contributed by atoms with Crippen molar-refractivity contribution in [2.75, 3.05) is 13.1 Å². The number of alkyl halides is 3. The molecule has 212 valence electrons. The van der Waals surface area contributed by atoms with E-state index in [1.165, 1.54) is 23.1 Å². The highest BCUT2D eigenvalue weighted by atomic mass is 32.2. The van der Waals surface area contributed by atoms with Crippen molar-refractivity contribution >= 4 is 22.8 Å². The van der Waals surface area contributed by atoms with Crippen LogP contribution in [-0.2, 0) is 30.1 Å². The first-order valence-corrected chi connectivity index (χ1v) is 13.9. The van der Waals surface area contributed by atoms with Crippen molar-refractivity contribution in [1.82, 2.24) is 34.1 Å². The molecule has 1 aromatic carbocycles. The highest BCUT2D eigenvalue weighted by Crippen LogP contribution is 2.47. The summed E-state index contributed by atoms with van der Waals surface area (Å²) in [6.45, 7) is 2.59. The molecule has 0 amide bonds. The third-order valence-corrected chi connectivity index (χ3v) is 8.74. The summed E-state index contributed by atoms with van der Waals surface area (Å²) in [4.78, 5) is 19.6. The lowest BCUT2D eigenvalue weighted by Gasteiger charge is -2.44. The van der Waals surface area contributed by atoms with Gasteiger partial charge in [-0.2, -0.15) is 28.2 Å². The summed E-state index contributed by atoms with van der Waals surface area (Å²) in [6, 6.07) is 7.36. The van der Waals surface area contributed by atoms with Gasteiger partial charge in [-0.3, -0.25) is 9.78 Å². The van der Waals surface area contributed by atoms with Crippen molar-refractivity contribution in [3.05, 3.63) is 88.9 Å². The lowest BCUT2D eigenvalue weighted by atomic mass is 9.65. The number of hydrogen-bond donors (Lipinski definition) is 0. The van der Waals surface area contributed by atoms with Gasteiger partial charge in [0.25, 0.3) is 0 Å². The number of carbonyl (C=O) groups excluding carboxylic acids is 1. The molecule has 2 unspecified atom stereocenters. The van der Waals surface area contributed by atoms with Crippen LogP contribution in [0.2, 0.25) is 0 Å². The van der Waals surface area contributed by atoms with E-state index in [1.807, 2.05) is 13.0 Å². The molecule has 6 rings (SSSR count). The first kappa shape index (κ1) is 27.1. The number of rotatable bonds is 6. The summed E-state index contributed by atoms with van der Waals surface area (Å²) < 4.78 is 70.9. The lowest BCUT2D eigenvalue weighted by molar-refractivity contribution is -0.137. The molecule has 1 aliphatic carbocycles. The number of nitrogens with zero attached hydrogens (tertiary/aromatic N) is 7. The Morgan fingerprint density at radius 2 is 1.90 bits per heavy atom. The van der Waals surface area contributed by atoms with E-state index >= 15 is 0 Å². The van der Waals surface area contributed by atoms with Crippen LogP contribution in [0.25, 0.3) is 11.8 Å². The molecular weight excluding hydrogens is 562 g/mol. The number of benzene rings is 1. The fraction of sp³-hybridized carbons (Fsp3) is 0.296. The second-order valence-electron chi connectivity index (χ2n) is 9.86. The van der Waals surface area contributed by atoms with Gasteiger partial charge in [-0.25, -0.2) is 17.6 Å². The number of hydrogen-bond acceptors (Lipinski definition) is 6. The second-order valence-corrected chi connectivity index (χ2v) is 11.3. The number of piperidine rings is 1. The number of carbonyl (C=O) groups is 1. The van der Waals surface area contributed by atoms with Gasteiger partial charge in [-0.1, -0.05) is 5.57 Å². The summed E-state index contributed by atoms with van der Waals surface area (Å²) >= 11 is 0. The van der Waals surface area contributed by atoms with Gasteiger partial charge in [-0.05, 0) is 67.8 Å². The van der Waals surface area contributed by atoms with Crippen molar-refractivity contribution < 1.29 is 26.6 Å². The van der Waals surface area contributed by atoms with E-state index in [1.54, 1.807) is 27.3 Å². The fourth-order valence-corrected chi connectivity index (χ4v) is 6.53. The third kappa shape index (κ3) is 4.80. The summed E-state index contributed by atoms with van der Waals surface area (Å²) in [5.74, 6) is -1.00. The van der Waals surface area contributed by atoms with Gasteiger partial charge in [0.15, 0.2) is 10.8 Å². The molecule has 4 aromatic rings. The molecule has 4 heterocycles. The first-order valence-electron chi connectivity index (χ1n) is 12.8. The Balaban J connectivity index is 1.43. The lowest BCUT2D eigenvalue weighted by Crippen LogP contribution is -2.52. The third-order valence-electron chi connectivity index (χ3n) is 7.42. The summed E-state index contributed by atoms with van der Waals surface area (Å²) in [6.07, 6.45) is 1.53. The zero-order valence-electron chi connectivity index (χ0n) is 21.7. The van der Waals surface area contributed by atoms with E-state index in [-0.39, 0.29) is 23.7 Å². The van der Waals surface area contributed by atoms with E-state index in [0.717, 1.165) is 18.3 Å². The highest BCUT2D eigenvalue weighted by Gasteiger charge is 2.50. The van der Waals surface area contributed by atoms with Crippen LogP contribution < -0.4 is 0 Å². The molecule has 2 aliphatic rings. The van der Waals surface area contributed by atoms with Gasteiger partial charge in [-0.15, -0.1) is 5.10 Å². The van der Waals surface area contributed by atoms with Crippen LogP contribution in [0.3, 0.4) is 0 Å². The average molecular weight is 586 g/mol. The number of aromatic nitrogens is 6. The van der Waals surface area contributed by atoms with Gasteiger partial charge in [0.1, 0.15) is 22.5 Å². The Hall–Kier alpha value is -4.04. The van der Waals surface area contributed by atoms with Crippen molar-refractivity contribution in [1.29, 1.82) is 0 Å². The zero-order valence-corrected chi connectivity index (χ0v) is 22.5. The number of halogens is 4. The maximum Gasteiger partial charge on any atom is 0.416 e. The Kier molecular flexibility index (Phi) is 6.69. The number of ketones is 1. The van der Waals surface area contributed by atoms with Gasteiger partial charge >= 0.3 is 6.18 Å². The van der Waals surface area contributed by atoms with Gasteiger partial charge in [0, 0.05) is 19.3 Å². The van der Waals surface area contributed by atoms with Crippen LogP contribution in [0.5, 0.6) is 0 Å². The number of aryl methyl sites for hydroxylation is 1. The smallest absolute Gasteiger partial charge is 0.291 e. The predicted octanol–water partition coefficient (Wildman–Crippen LogP) is 4.27. The maximum absolute atomic E-state index is 14.2. The number of Topliss-reactive ketones (excluding diaryl/α,β-unsaturated/α-hetero) is 1. The van der Waals surface area contributed by atoms with Crippen LogP contribution in [0.15, 0.2) is 65.6 Å². The van der Waals surface area contributed by atoms with E-state index in [9.17, 15) is 26.6 Å². The molecule has 9 nitrogen and oxygen atoms in total. The summed E-state index contributed by atoms with van der Waals surface area (Å²) in [7, 11) is -1.76. The van der Waals surface area contributed by atoms with Crippen LogP contribution in [0, 0.1) is 11.2 Å². The largest absolute Gasteiger partial charge is 0.416 e. The Bertz CT molecular complexity index is 1700. The standard InChI is InChI=1S/C27H23F4N7O2S/c1-2-37-33-15-24(35-37)41(40)36-10-8-18-12-23-17(14-34-38(23)21-5-3-20(28)4-6-21)13-26(18,16-36)25(39)22-11-19(7-9-32-22)27(29,30)31/h3-7,9,11-12,14-15H,2,8,10,13,16H2,1H3. The minimum absolute atomic E-state index is 0.0393. The second kappa shape index (κ2) is 10.1. The molecular formula is C27H23F4N7O2S. The Labute approximate surface area is 234 Å². The monoisotopic (exact) mass is 585 g/mol. The molecule has 41 heavy (non-hydrogen) atoms. The SMILES string of the molecule is CCn1ncc(S(=O)N2CCC3=Cc4c(cnn4-c4ccc(F)cc4)CC3(C(=O)c3cc(C(F)(F)F)ccn3)C2)n1. The molecule has 1 fully saturated rings. The first-order chi connectivity index (χ1) is 19.6. The Morgan fingerprint density at radius 3 is 2.61 bits per heavy atom. The topological polar surface area (TPSA) is 98.8 Å². The average Bonchev–Trinajstić information content (AvgIpc) is 3.62. The van der Waals surface area contributed by atoms with Crippen LogP contribution in [0.4, 0.5) is 17.6 Å². The van der Waals surface area contributed by atoms with Crippen molar-refractivity contribution in [2.45, 2.75) is 37.5 Å². The molecule has 0 bridgehead atoms. The molecule has 0 spiro atoms. The van der Waals surface area contributed by atoms with Gasteiger partial charge in [0.05, 0.1) is 41.3 Å². The number of pyridine rings is 1. The maximum atomic E-state index is 14.2. The molecule has 0 N–H and O–H groups in total. The minimum Gasteiger partial charge on any atom is -0.291 e. The van der Waals surface area contributed by atoms with E-state index in [2.05, 4.69) is 20.3 Å². The van der Waals surface area contributed by atoms with E-state index in [4.69, 9.17) is 0 Å². The van der Waals surface area contributed by atoms with Crippen LogP contribution >= 0.6 is 0 Å². The van der Waals surface area contributed by atoms with Gasteiger partial charge < -0.3 is 0 Å². The zero-order chi connectivity index (χ0) is 28.9. The van der Waals surface area contributed by atoms with Crippen LogP contribution in [-0.4, -0.2) is 57.1 Å². The molecule has 0 saturated carbocycles. The van der Waals surface area contributed by atoms with Crippen LogP contribution in [0.1, 0.15) is 40.7 Å². The molecule has 3 aromatic heterocycles. The molecule has 0 radical (unpaired) electrons. The molecule has 14 heteroatoms. The van der Waals surface area contributed by atoms with Gasteiger partial charge in [0.2, 0.25) is 0 Å². The predicted molar refractivity (Wildman–Crippen MR) is 139 cm³/mol. The molecule has 1 saturated heterocycles. The molecule has 1 aliphatic heterocycles. The highest BCUT2D eigenvalue weighted by molar-refractivity contribution is 7.82. The quantitative estimate of drug-likeness (QED) is 0.248. The summed E-state index contributed by atoms with van der Waals surface area (Å²) in [5, 5.41) is 13.0. The van der Waals surface area contributed by atoms with Crippen molar-refractivity contribution in [3.63, 3.8) is 0 Å². The normalized spacial score (nSPS) is 19.8. The van der Waals surface area contributed by atoms with Crippen molar-refractivity contribution in [2.24, 2.45) is 5.41 Å². The minimum atomic E-state index is -4.66. The fourth-order valence-electron chi connectivity index (χ4n) is 5.37. The Morgan fingerprint density at radius 1 is 1.12 bits per heavy atom. The molecule has 2 atom stereocenters. The summed E-state index contributed by atoms with van der Waals surface area (Å²) in [5.41, 5.74) is -0.0230. The van der Waals surface area contributed by atoms with Crippen molar-refractivity contribution in [3.8, 4) is 5.69 Å². The van der Waals surface area contributed by atoms with E-state index < -0.39 is 39.7 Å².